The topological polar surface area (TPSA) is 88.6 Å². The van der Waals surface area contributed by atoms with Crippen LogP contribution in [0.1, 0.15) is 57.4 Å². The van der Waals surface area contributed by atoms with Crippen LogP contribution < -0.4 is 5.32 Å². The number of hydrogen-bond donors (Lipinski definition) is 1. The van der Waals surface area contributed by atoms with Crippen LogP contribution in [0, 0.1) is 0 Å². The quantitative estimate of drug-likeness (QED) is 0.804. The van der Waals surface area contributed by atoms with E-state index in [4.69, 9.17) is 4.74 Å². The third-order valence-electron chi connectivity index (χ3n) is 4.54. The number of aromatic nitrogens is 1. The first-order valence-corrected chi connectivity index (χ1v) is 9.42. The maximum atomic E-state index is 12.6. The van der Waals surface area contributed by atoms with Gasteiger partial charge in [0.15, 0.2) is 0 Å². The molecule has 0 bridgehead atoms. The van der Waals surface area contributed by atoms with E-state index in [1.54, 1.807) is 37.3 Å². The van der Waals surface area contributed by atoms with Crippen LogP contribution in [0.15, 0.2) is 42.6 Å². The predicted octanol–water partition coefficient (Wildman–Crippen LogP) is 3.14. The first kappa shape index (κ1) is 19.5. The van der Waals surface area contributed by atoms with E-state index in [2.05, 4.69) is 10.3 Å². The Labute approximate surface area is 163 Å². The van der Waals surface area contributed by atoms with Crippen LogP contribution in [0.3, 0.4) is 0 Å². The fourth-order valence-electron chi connectivity index (χ4n) is 3.07. The Bertz CT molecular complexity index is 858. The number of amides is 2. The van der Waals surface area contributed by atoms with Crippen LogP contribution in [0.4, 0.5) is 5.69 Å². The second kappa shape index (κ2) is 9.12. The minimum Gasteiger partial charge on any atom is -0.462 e. The van der Waals surface area contributed by atoms with E-state index in [9.17, 15) is 14.4 Å². The van der Waals surface area contributed by atoms with Gasteiger partial charge in [0.2, 0.25) is 0 Å². The van der Waals surface area contributed by atoms with Gasteiger partial charge in [0.25, 0.3) is 11.8 Å². The average Bonchev–Trinajstić information content (AvgIpc) is 2.74. The van der Waals surface area contributed by atoms with Gasteiger partial charge >= 0.3 is 5.97 Å². The highest BCUT2D eigenvalue weighted by Gasteiger charge is 2.19. The van der Waals surface area contributed by atoms with Gasteiger partial charge in [-0.15, -0.1) is 0 Å². The molecule has 1 aromatic heterocycles. The molecule has 0 radical (unpaired) electrons. The second-order valence-electron chi connectivity index (χ2n) is 6.53. The van der Waals surface area contributed by atoms with Gasteiger partial charge in [-0.1, -0.05) is 0 Å². The van der Waals surface area contributed by atoms with Gasteiger partial charge in [0.1, 0.15) is 5.69 Å². The second-order valence-corrected chi connectivity index (χ2v) is 6.53. The lowest BCUT2D eigenvalue weighted by Gasteiger charge is -2.26. The minimum atomic E-state index is -0.419. The lowest BCUT2D eigenvalue weighted by Crippen LogP contribution is -2.35. The molecule has 146 valence electrons. The van der Waals surface area contributed by atoms with Crippen LogP contribution >= 0.6 is 0 Å². The number of hydrogen-bond acceptors (Lipinski definition) is 5. The maximum Gasteiger partial charge on any atom is 0.338 e. The van der Waals surface area contributed by atoms with Crippen LogP contribution in [0.5, 0.6) is 0 Å². The molecule has 0 aliphatic carbocycles. The molecule has 3 rings (SSSR count). The number of carbonyl (C=O) groups excluding carboxylic acids is 3. The Kier molecular flexibility index (Phi) is 6.37. The maximum absolute atomic E-state index is 12.6. The van der Waals surface area contributed by atoms with Crippen molar-refractivity contribution in [3.63, 3.8) is 0 Å². The summed E-state index contributed by atoms with van der Waals surface area (Å²) >= 11 is 0. The van der Waals surface area contributed by atoms with Gasteiger partial charge < -0.3 is 15.0 Å². The molecule has 1 fully saturated rings. The number of rotatable bonds is 5. The number of ether oxygens (including phenoxy) is 1. The van der Waals surface area contributed by atoms with Crippen molar-refractivity contribution in [3.05, 3.63) is 59.4 Å². The van der Waals surface area contributed by atoms with Crippen LogP contribution in [0.2, 0.25) is 0 Å². The van der Waals surface area contributed by atoms with Gasteiger partial charge in [-0.25, -0.2) is 4.79 Å². The van der Waals surface area contributed by atoms with Gasteiger partial charge in [-0.2, -0.15) is 0 Å². The van der Waals surface area contributed by atoms with E-state index in [-0.39, 0.29) is 11.6 Å². The van der Waals surface area contributed by atoms with E-state index >= 15 is 0 Å². The summed E-state index contributed by atoms with van der Waals surface area (Å²) < 4.78 is 4.93. The molecule has 2 aromatic rings. The molecule has 0 atom stereocenters. The zero-order valence-corrected chi connectivity index (χ0v) is 15.8. The van der Waals surface area contributed by atoms with Crippen molar-refractivity contribution in [2.45, 2.75) is 26.2 Å². The molecule has 1 aromatic carbocycles. The van der Waals surface area contributed by atoms with Gasteiger partial charge in [0, 0.05) is 30.5 Å². The fraction of sp³-hybridized carbons (Fsp3) is 0.333. The zero-order chi connectivity index (χ0) is 19.9. The monoisotopic (exact) mass is 381 g/mol. The largest absolute Gasteiger partial charge is 0.462 e. The molecule has 1 saturated heterocycles. The lowest BCUT2D eigenvalue weighted by atomic mass is 10.1. The molecule has 28 heavy (non-hydrogen) atoms. The SMILES string of the molecule is CCOC(=O)c1ccc(NC(=O)c2cc(C(=O)N3CCCCC3)ccn2)cc1. The van der Waals surface area contributed by atoms with E-state index in [0.29, 0.717) is 23.4 Å². The number of esters is 1. The molecule has 7 heteroatoms. The van der Waals surface area contributed by atoms with E-state index in [1.807, 2.05) is 4.90 Å². The third kappa shape index (κ3) is 4.73. The molecule has 1 aliphatic heterocycles. The summed E-state index contributed by atoms with van der Waals surface area (Å²) in [5.74, 6) is -0.905. The molecule has 1 N–H and O–H groups in total. The molecular weight excluding hydrogens is 358 g/mol. The van der Waals surface area contributed by atoms with Crippen LogP contribution in [-0.4, -0.2) is 47.4 Å². The fourth-order valence-corrected chi connectivity index (χ4v) is 3.07. The molecule has 0 unspecified atom stereocenters. The number of likely N-dealkylation sites (tertiary alicyclic amines) is 1. The van der Waals surface area contributed by atoms with Crippen LogP contribution in [0.25, 0.3) is 0 Å². The summed E-state index contributed by atoms with van der Waals surface area (Å²) in [6, 6.07) is 9.54. The highest BCUT2D eigenvalue weighted by Crippen LogP contribution is 2.15. The van der Waals surface area contributed by atoms with Gasteiger partial charge in [-0.3, -0.25) is 14.6 Å². The summed E-state index contributed by atoms with van der Waals surface area (Å²) in [5, 5.41) is 2.72. The van der Waals surface area contributed by atoms with Crippen LogP contribution in [-0.2, 0) is 4.74 Å². The third-order valence-corrected chi connectivity index (χ3v) is 4.54. The summed E-state index contributed by atoms with van der Waals surface area (Å²) in [6.07, 6.45) is 4.62. The summed E-state index contributed by atoms with van der Waals surface area (Å²) in [5.41, 5.74) is 1.55. The van der Waals surface area contributed by atoms with Crippen molar-refractivity contribution in [1.29, 1.82) is 0 Å². The van der Waals surface area contributed by atoms with Crippen molar-refractivity contribution < 1.29 is 19.1 Å². The Hall–Kier alpha value is -3.22. The number of carbonyl (C=O) groups is 3. The summed E-state index contributed by atoms with van der Waals surface area (Å²) in [4.78, 5) is 42.7. The Morgan fingerprint density at radius 3 is 2.43 bits per heavy atom. The Balaban J connectivity index is 1.67. The van der Waals surface area contributed by atoms with Crippen molar-refractivity contribution in [2.75, 3.05) is 25.0 Å². The number of piperidine rings is 1. The minimum absolute atomic E-state index is 0.0741. The standard InChI is InChI=1S/C21H23N3O4/c1-2-28-21(27)15-6-8-17(9-7-15)23-19(25)18-14-16(10-11-22-18)20(26)24-12-4-3-5-13-24/h6-11,14H,2-5,12-13H2,1H3,(H,23,25). The molecule has 2 heterocycles. The molecule has 7 nitrogen and oxygen atoms in total. The Morgan fingerprint density at radius 2 is 1.75 bits per heavy atom. The molecular formula is C21H23N3O4. The van der Waals surface area contributed by atoms with Crippen molar-refractivity contribution >= 4 is 23.5 Å². The van der Waals surface area contributed by atoms with Gasteiger partial charge in [0.05, 0.1) is 12.2 Å². The average molecular weight is 381 g/mol. The molecule has 0 spiro atoms. The first-order valence-electron chi connectivity index (χ1n) is 9.42. The Morgan fingerprint density at radius 1 is 1.04 bits per heavy atom. The molecule has 1 aliphatic rings. The first-order chi connectivity index (χ1) is 13.6. The number of nitrogens with one attached hydrogen (secondary N) is 1. The van der Waals surface area contributed by atoms with E-state index < -0.39 is 11.9 Å². The predicted molar refractivity (Wildman–Crippen MR) is 104 cm³/mol. The van der Waals surface area contributed by atoms with Crippen molar-refractivity contribution in [1.82, 2.24) is 9.88 Å². The highest BCUT2D eigenvalue weighted by molar-refractivity contribution is 6.05. The number of nitrogens with zero attached hydrogens (tertiary/aromatic N) is 2. The van der Waals surface area contributed by atoms with E-state index in [0.717, 1.165) is 32.4 Å². The lowest BCUT2D eigenvalue weighted by molar-refractivity contribution is 0.0526. The smallest absolute Gasteiger partial charge is 0.338 e. The van der Waals surface area contributed by atoms with Crippen molar-refractivity contribution in [2.24, 2.45) is 0 Å². The zero-order valence-electron chi connectivity index (χ0n) is 15.8. The number of anilines is 1. The number of pyridine rings is 1. The molecule has 0 saturated carbocycles. The summed E-state index contributed by atoms with van der Waals surface area (Å²) in [6.45, 7) is 3.53. The van der Waals surface area contributed by atoms with Crippen molar-refractivity contribution in [3.8, 4) is 0 Å². The van der Waals surface area contributed by atoms with Gasteiger partial charge in [-0.05, 0) is 62.6 Å². The number of benzene rings is 1. The normalized spacial score (nSPS) is 13.7. The summed E-state index contributed by atoms with van der Waals surface area (Å²) in [7, 11) is 0. The highest BCUT2D eigenvalue weighted by atomic mass is 16.5. The molecule has 2 amide bonds. The van der Waals surface area contributed by atoms with E-state index in [1.165, 1.54) is 12.3 Å².